The molecular formula is C18H29N3O3S. The molecule has 0 atom stereocenters. The quantitative estimate of drug-likeness (QED) is 0.729. The van der Waals surface area contributed by atoms with E-state index in [0.717, 1.165) is 19.6 Å². The van der Waals surface area contributed by atoms with E-state index in [9.17, 15) is 13.2 Å². The zero-order valence-corrected chi connectivity index (χ0v) is 16.3. The van der Waals surface area contributed by atoms with Crippen LogP contribution in [0.4, 0.5) is 0 Å². The lowest BCUT2D eigenvalue weighted by Gasteiger charge is -2.35. The van der Waals surface area contributed by atoms with Gasteiger partial charge in [0.25, 0.3) is 0 Å². The second-order valence-electron chi connectivity index (χ2n) is 6.42. The Balaban J connectivity index is 1.87. The second-order valence-corrected chi connectivity index (χ2v) is 8.39. The fraction of sp³-hybridized carbons (Fsp3) is 0.611. The van der Waals surface area contributed by atoms with Crippen LogP contribution < -0.4 is 0 Å². The lowest BCUT2D eigenvalue weighted by atomic mass is 10.1. The monoisotopic (exact) mass is 367 g/mol. The zero-order chi connectivity index (χ0) is 18.4. The van der Waals surface area contributed by atoms with Gasteiger partial charge >= 0.3 is 0 Å². The van der Waals surface area contributed by atoms with Crippen LogP contribution in [0.25, 0.3) is 0 Å². The number of aryl methyl sites for hydroxylation is 1. The molecule has 1 amide bonds. The van der Waals surface area contributed by atoms with Crippen molar-refractivity contribution >= 4 is 15.9 Å². The van der Waals surface area contributed by atoms with Gasteiger partial charge in [0.2, 0.25) is 15.9 Å². The molecule has 1 aromatic carbocycles. The molecule has 2 rings (SSSR count). The highest BCUT2D eigenvalue weighted by molar-refractivity contribution is 7.89. The average molecular weight is 368 g/mol. The van der Waals surface area contributed by atoms with Crippen LogP contribution >= 0.6 is 0 Å². The number of carbonyl (C=O) groups is 1. The standard InChI is InChI=1S/C18H29N3O3S/c1-4-21(5-2)25(23,24)15-18(22)20-12-10-19(11-13-20)14-17-9-7-6-8-16(17)3/h6-9H,4-5,10-15H2,1-3H3. The van der Waals surface area contributed by atoms with Crippen molar-refractivity contribution in [1.82, 2.24) is 14.1 Å². The van der Waals surface area contributed by atoms with Crippen molar-refractivity contribution in [3.05, 3.63) is 35.4 Å². The first-order valence-electron chi connectivity index (χ1n) is 8.89. The summed E-state index contributed by atoms with van der Waals surface area (Å²) in [4.78, 5) is 16.4. The van der Waals surface area contributed by atoms with Crippen molar-refractivity contribution in [2.24, 2.45) is 0 Å². The van der Waals surface area contributed by atoms with Gasteiger partial charge in [-0.2, -0.15) is 0 Å². The molecule has 6 nitrogen and oxygen atoms in total. The summed E-state index contributed by atoms with van der Waals surface area (Å²) >= 11 is 0. The van der Waals surface area contributed by atoms with Crippen LogP contribution in [-0.4, -0.2) is 73.5 Å². The summed E-state index contributed by atoms with van der Waals surface area (Å²) in [7, 11) is -3.51. The number of benzene rings is 1. The molecule has 0 bridgehead atoms. The number of piperazine rings is 1. The van der Waals surface area contributed by atoms with E-state index >= 15 is 0 Å². The number of amides is 1. The molecular weight excluding hydrogens is 338 g/mol. The molecule has 7 heteroatoms. The SMILES string of the molecule is CCN(CC)S(=O)(=O)CC(=O)N1CCN(Cc2ccccc2C)CC1. The van der Waals surface area contributed by atoms with Crippen LogP contribution in [0, 0.1) is 6.92 Å². The van der Waals surface area contributed by atoms with Crippen molar-refractivity contribution in [2.45, 2.75) is 27.3 Å². The maximum atomic E-state index is 12.4. The van der Waals surface area contributed by atoms with Crippen LogP contribution in [0.3, 0.4) is 0 Å². The van der Waals surface area contributed by atoms with Crippen LogP contribution in [0.5, 0.6) is 0 Å². The van der Waals surface area contributed by atoms with Crippen LogP contribution in [0.2, 0.25) is 0 Å². The largest absolute Gasteiger partial charge is 0.339 e. The predicted octanol–water partition coefficient (Wildman–Crippen LogP) is 1.31. The van der Waals surface area contributed by atoms with Gasteiger partial charge in [0.15, 0.2) is 0 Å². The molecule has 0 radical (unpaired) electrons. The van der Waals surface area contributed by atoms with Crippen LogP contribution in [0.15, 0.2) is 24.3 Å². The van der Waals surface area contributed by atoms with Gasteiger partial charge < -0.3 is 4.90 Å². The summed E-state index contributed by atoms with van der Waals surface area (Å²) in [5, 5.41) is 0. The maximum absolute atomic E-state index is 12.4. The molecule has 1 aromatic rings. The highest BCUT2D eigenvalue weighted by Crippen LogP contribution is 2.13. The van der Waals surface area contributed by atoms with Gasteiger partial charge in [-0.25, -0.2) is 12.7 Å². The Morgan fingerprint density at radius 2 is 1.68 bits per heavy atom. The van der Waals surface area contributed by atoms with Gasteiger partial charge in [-0.15, -0.1) is 0 Å². The smallest absolute Gasteiger partial charge is 0.239 e. The minimum Gasteiger partial charge on any atom is -0.339 e. The van der Waals surface area contributed by atoms with Gasteiger partial charge in [0.05, 0.1) is 0 Å². The van der Waals surface area contributed by atoms with E-state index < -0.39 is 15.8 Å². The number of nitrogens with zero attached hydrogens (tertiary/aromatic N) is 3. The molecule has 1 fully saturated rings. The van der Waals surface area contributed by atoms with Gasteiger partial charge in [0, 0.05) is 45.8 Å². The van der Waals surface area contributed by atoms with E-state index in [1.165, 1.54) is 15.4 Å². The number of sulfonamides is 1. The summed E-state index contributed by atoms with van der Waals surface area (Å²) in [5.41, 5.74) is 2.57. The molecule has 0 N–H and O–H groups in total. The second kappa shape index (κ2) is 8.78. The van der Waals surface area contributed by atoms with Crippen molar-refractivity contribution < 1.29 is 13.2 Å². The van der Waals surface area contributed by atoms with Crippen LogP contribution in [0.1, 0.15) is 25.0 Å². The Bertz CT molecular complexity index is 679. The fourth-order valence-electron chi connectivity index (χ4n) is 3.14. The van der Waals surface area contributed by atoms with Gasteiger partial charge in [-0.05, 0) is 18.1 Å². The van der Waals surface area contributed by atoms with E-state index in [1.807, 2.05) is 12.1 Å². The molecule has 0 spiro atoms. The molecule has 1 aliphatic heterocycles. The number of hydrogen-bond acceptors (Lipinski definition) is 4. The summed E-state index contributed by atoms with van der Waals surface area (Å²) in [6, 6.07) is 8.31. The first-order chi connectivity index (χ1) is 11.9. The minimum absolute atomic E-state index is 0.289. The number of hydrogen-bond donors (Lipinski definition) is 0. The molecule has 1 heterocycles. The molecule has 0 aliphatic carbocycles. The lowest BCUT2D eigenvalue weighted by molar-refractivity contribution is -0.130. The molecule has 25 heavy (non-hydrogen) atoms. The Hall–Kier alpha value is -1.44. The highest BCUT2D eigenvalue weighted by atomic mass is 32.2. The topological polar surface area (TPSA) is 60.9 Å². The molecule has 0 saturated carbocycles. The summed E-state index contributed by atoms with van der Waals surface area (Å²) in [6.07, 6.45) is 0. The summed E-state index contributed by atoms with van der Waals surface area (Å²) < 4.78 is 25.9. The van der Waals surface area contributed by atoms with Gasteiger partial charge in [-0.1, -0.05) is 38.1 Å². The third-order valence-electron chi connectivity index (χ3n) is 4.78. The van der Waals surface area contributed by atoms with Crippen LogP contribution in [-0.2, 0) is 21.4 Å². The Kier molecular flexibility index (Phi) is 6.98. The fourth-order valence-corrected chi connectivity index (χ4v) is 4.60. The summed E-state index contributed by atoms with van der Waals surface area (Å²) in [6.45, 7) is 10.0. The summed E-state index contributed by atoms with van der Waals surface area (Å²) in [5.74, 6) is -0.714. The third kappa shape index (κ3) is 5.26. The van der Waals surface area contributed by atoms with Crippen molar-refractivity contribution in [3.8, 4) is 0 Å². The number of carbonyl (C=O) groups excluding carboxylic acids is 1. The lowest BCUT2D eigenvalue weighted by Crippen LogP contribution is -2.50. The molecule has 1 aliphatic rings. The molecule has 1 saturated heterocycles. The molecule has 0 aromatic heterocycles. The van der Waals surface area contributed by atoms with E-state index in [4.69, 9.17) is 0 Å². The van der Waals surface area contributed by atoms with Crippen molar-refractivity contribution in [3.63, 3.8) is 0 Å². The van der Waals surface area contributed by atoms with Crippen molar-refractivity contribution in [2.75, 3.05) is 45.0 Å². The Morgan fingerprint density at radius 3 is 2.24 bits per heavy atom. The van der Waals surface area contributed by atoms with E-state index in [-0.39, 0.29) is 5.91 Å². The van der Waals surface area contributed by atoms with E-state index in [0.29, 0.717) is 26.2 Å². The van der Waals surface area contributed by atoms with Gasteiger partial charge in [-0.3, -0.25) is 9.69 Å². The van der Waals surface area contributed by atoms with E-state index in [2.05, 4.69) is 24.0 Å². The number of rotatable bonds is 7. The molecule has 140 valence electrons. The minimum atomic E-state index is -3.51. The zero-order valence-electron chi connectivity index (χ0n) is 15.4. The molecule has 0 unspecified atom stereocenters. The van der Waals surface area contributed by atoms with Crippen molar-refractivity contribution in [1.29, 1.82) is 0 Å². The predicted molar refractivity (Wildman–Crippen MR) is 99.7 cm³/mol. The Labute approximate surface area is 151 Å². The first kappa shape index (κ1) is 19.9. The van der Waals surface area contributed by atoms with Gasteiger partial charge in [0.1, 0.15) is 5.75 Å². The normalized spacial score (nSPS) is 16.4. The highest BCUT2D eigenvalue weighted by Gasteiger charge is 2.28. The average Bonchev–Trinajstić information content (AvgIpc) is 2.58. The first-order valence-corrected chi connectivity index (χ1v) is 10.5. The maximum Gasteiger partial charge on any atom is 0.239 e. The third-order valence-corrected chi connectivity index (χ3v) is 6.70. The Morgan fingerprint density at radius 1 is 1.08 bits per heavy atom. The van der Waals surface area contributed by atoms with E-state index in [1.54, 1.807) is 18.7 Å².